The van der Waals surface area contributed by atoms with Gasteiger partial charge in [0.1, 0.15) is 10.5 Å². The van der Waals surface area contributed by atoms with Crippen LogP contribution in [-0.2, 0) is 19.6 Å². The Hall–Kier alpha value is -1.47. The molecule has 1 saturated carbocycles. The van der Waals surface area contributed by atoms with Gasteiger partial charge in [0.25, 0.3) is 15.9 Å². The van der Waals surface area contributed by atoms with E-state index in [9.17, 15) is 13.2 Å². The molecule has 0 spiro atoms. The van der Waals surface area contributed by atoms with Crippen molar-refractivity contribution in [2.75, 3.05) is 7.11 Å². The number of amides is 1. The Bertz CT molecular complexity index is 607. The Morgan fingerprint density at radius 1 is 1.40 bits per heavy atom. The fourth-order valence-electron chi connectivity index (χ4n) is 2.47. The fraction of sp³-hybridized carbons (Fsp3) is 0.538. The van der Waals surface area contributed by atoms with Gasteiger partial charge in [-0.25, -0.2) is 13.1 Å². The molecule has 1 N–H and O–H groups in total. The van der Waals surface area contributed by atoms with Crippen LogP contribution >= 0.6 is 0 Å². The molecule has 0 bridgehead atoms. The standard InChI is InChI=1S/C13H18N2O4S/c1-10-5-8-14-9-11(10)20(17,18)15-12(16)13(19-2)6-3-4-7-13/h5,8-9H,3-4,6-7H2,1-2H3,(H,15,16). The molecule has 1 heterocycles. The first kappa shape index (κ1) is 14.9. The molecule has 1 fully saturated rings. The summed E-state index contributed by atoms with van der Waals surface area (Å²) >= 11 is 0. The van der Waals surface area contributed by atoms with E-state index >= 15 is 0 Å². The number of hydrogen-bond acceptors (Lipinski definition) is 5. The molecule has 7 heteroatoms. The maximum atomic E-state index is 12.3. The summed E-state index contributed by atoms with van der Waals surface area (Å²) in [6.45, 7) is 1.66. The lowest BCUT2D eigenvalue weighted by molar-refractivity contribution is -0.140. The normalized spacial score (nSPS) is 17.9. The number of methoxy groups -OCH3 is 1. The first-order chi connectivity index (χ1) is 9.41. The van der Waals surface area contributed by atoms with Gasteiger partial charge < -0.3 is 4.74 Å². The largest absolute Gasteiger partial charge is 0.368 e. The number of carbonyl (C=O) groups excluding carboxylic acids is 1. The molecule has 1 aliphatic rings. The van der Waals surface area contributed by atoms with Crippen LogP contribution in [0.25, 0.3) is 0 Å². The third kappa shape index (κ3) is 2.69. The van der Waals surface area contributed by atoms with Gasteiger partial charge in [-0.1, -0.05) is 0 Å². The van der Waals surface area contributed by atoms with Crippen molar-refractivity contribution in [2.24, 2.45) is 0 Å². The van der Waals surface area contributed by atoms with Gasteiger partial charge in [0.15, 0.2) is 0 Å². The first-order valence-electron chi connectivity index (χ1n) is 6.44. The highest BCUT2D eigenvalue weighted by Crippen LogP contribution is 2.33. The minimum Gasteiger partial charge on any atom is -0.368 e. The average Bonchev–Trinajstić information content (AvgIpc) is 2.88. The molecule has 0 aromatic carbocycles. The quantitative estimate of drug-likeness (QED) is 0.901. The van der Waals surface area contributed by atoms with Crippen LogP contribution in [0.1, 0.15) is 31.2 Å². The zero-order valence-electron chi connectivity index (χ0n) is 11.5. The second kappa shape index (κ2) is 5.49. The minimum absolute atomic E-state index is 0.0117. The van der Waals surface area contributed by atoms with Crippen LogP contribution in [0.4, 0.5) is 0 Å². The van der Waals surface area contributed by atoms with Crippen molar-refractivity contribution in [1.29, 1.82) is 0 Å². The maximum absolute atomic E-state index is 12.3. The fourth-order valence-corrected chi connectivity index (χ4v) is 3.70. The van der Waals surface area contributed by atoms with Gasteiger partial charge in [-0.3, -0.25) is 9.78 Å². The van der Waals surface area contributed by atoms with E-state index in [2.05, 4.69) is 9.71 Å². The molecule has 110 valence electrons. The lowest BCUT2D eigenvalue weighted by Crippen LogP contribution is -2.48. The van der Waals surface area contributed by atoms with E-state index in [-0.39, 0.29) is 4.90 Å². The number of carbonyl (C=O) groups is 1. The van der Waals surface area contributed by atoms with Gasteiger partial charge in [0.05, 0.1) is 0 Å². The zero-order chi connectivity index (χ0) is 14.8. The van der Waals surface area contributed by atoms with Crippen LogP contribution in [0.15, 0.2) is 23.4 Å². The predicted molar refractivity (Wildman–Crippen MR) is 72.5 cm³/mol. The molecule has 0 radical (unpaired) electrons. The minimum atomic E-state index is -3.92. The topological polar surface area (TPSA) is 85.4 Å². The summed E-state index contributed by atoms with van der Waals surface area (Å²) in [7, 11) is -2.48. The van der Waals surface area contributed by atoms with Crippen LogP contribution in [-0.4, -0.2) is 32.0 Å². The first-order valence-corrected chi connectivity index (χ1v) is 7.93. The third-order valence-corrected chi connectivity index (χ3v) is 5.18. The molecule has 1 aromatic rings. The van der Waals surface area contributed by atoms with Crippen molar-refractivity contribution in [1.82, 2.24) is 9.71 Å². The summed E-state index contributed by atoms with van der Waals surface area (Å²) in [4.78, 5) is 16.1. The van der Waals surface area contributed by atoms with Gasteiger partial charge in [-0.15, -0.1) is 0 Å². The second-order valence-corrected chi connectivity index (χ2v) is 6.63. The van der Waals surface area contributed by atoms with Crippen LogP contribution in [0.3, 0.4) is 0 Å². The number of ether oxygens (including phenoxy) is 1. The van der Waals surface area contributed by atoms with Crippen molar-refractivity contribution in [3.05, 3.63) is 24.0 Å². The van der Waals surface area contributed by atoms with E-state index in [1.54, 1.807) is 13.0 Å². The molecule has 6 nitrogen and oxygen atoms in total. The van der Waals surface area contributed by atoms with Gasteiger partial charge in [0, 0.05) is 19.5 Å². The summed E-state index contributed by atoms with van der Waals surface area (Å²) in [6.07, 6.45) is 5.52. The molecule has 1 amide bonds. The molecule has 0 saturated heterocycles. The Balaban J connectivity index is 2.25. The van der Waals surface area contributed by atoms with Gasteiger partial charge in [-0.2, -0.15) is 0 Å². The summed E-state index contributed by atoms with van der Waals surface area (Å²) in [5.74, 6) is -0.597. The SMILES string of the molecule is COC1(C(=O)NS(=O)(=O)c2cnccc2C)CCCC1. The number of sulfonamides is 1. The van der Waals surface area contributed by atoms with Crippen molar-refractivity contribution in [3.8, 4) is 0 Å². The van der Waals surface area contributed by atoms with E-state index in [1.165, 1.54) is 19.5 Å². The average molecular weight is 298 g/mol. The van der Waals surface area contributed by atoms with Crippen molar-refractivity contribution < 1.29 is 17.9 Å². The molecule has 20 heavy (non-hydrogen) atoms. The number of nitrogens with one attached hydrogen (secondary N) is 1. The number of hydrogen-bond donors (Lipinski definition) is 1. The number of pyridine rings is 1. The smallest absolute Gasteiger partial charge is 0.265 e. The van der Waals surface area contributed by atoms with Crippen molar-refractivity contribution in [2.45, 2.75) is 43.1 Å². The number of nitrogens with zero attached hydrogens (tertiary/aromatic N) is 1. The number of rotatable bonds is 4. The van der Waals surface area contributed by atoms with E-state index in [0.29, 0.717) is 18.4 Å². The number of aromatic nitrogens is 1. The summed E-state index contributed by atoms with van der Waals surface area (Å²) < 4.78 is 31.9. The Morgan fingerprint density at radius 2 is 2.05 bits per heavy atom. The Labute approximate surface area is 118 Å². The van der Waals surface area contributed by atoms with Gasteiger partial charge >= 0.3 is 0 Å². The van der Waals surface area contributed by atoms with Gasteiger partial charge in [-0.05, 0) is 44.2 Å². The van der Waals surface area contributed by atoms with E-state index in [0.717, 1.165) is 12.8 Å². The summed E-state index contributed by atoms with van der Waals surface area (Å²) in [5, 5.41) is 0. The third-order valence-electron chi connectivity index (χ3n) is 3.72. The summed E-state index contributed by atoms with van der Waals surface area (Å²) in [5.41, 5.74) is -0.485. The van der Waals surface area contributed by atoms with Crippen LogP contribution in [0, 0.1) is 6.92 Å². The highest BCUT2D eigenvalue weighted by Gasteiger charge is 2.43. The summed E-state index contributed by atoms with van der Waals surface area (Å²) in [6, 6.07) is 1.58. The Morgan fingerprint density at radius 3 is 2.60 bits per heavy atom. The van der Waals surface area contributed by atoms with E-state index in [4.69, 9.17) is 4.74 Å². The van der Waals surface area contributed by atoms with Crippen LogP contribution in [0.5, 0.6) is 0 Å². The monoisotopic (exact) mass is 298 g/mol. The molecule has 0 atom stereocenters. The maximum Gasteiger partial charge on any atom is 0.265 e. The van der Waals surface area contributed by atoms with Crippen LogP contribution in [0.2, 0.25) is 0 Å². The van der Waals surface area contributed by atoms with Crippen molar-refractivity contribution in [3.63, 3.8) is 0 Å². The Kier molecular flexibility index (Phi) is 4.10. The molecule has 0 unspecified atom stereocenters. The lowest BCUT2D eigenvalue weighted by Gasteiger charge is -2.25. The molecule has 2 rings (SSSR count). The van der Waals surface area contributed by atoms with Crippen molar-refractivity contribution >= 4 is 15.9 Å². The molecule has 1 aliphatic carbocycles. The number of aryl methyl sites for hydroxylation is 1. The van der Waals surface area contributed by atoms with Crippen LogP contribution < -0.4 is 4.72 Å². The zero-order valence-corrected chi connectivity index (χ0v) is 12.4. The second-order valence-electron chi connectivity index (χ2n) is 4.98. The van der Waals surface area contributed by atoms with E-state index in [1.807, 2.05) is 0 Å². The highest BCUT2D eigenvalue weighted by molar-refractivity contribution is 7.90. The predicted octanol–water partition coefficient (Wildman–Crippen LogP) is 1.15. The lowest BCUT2D eigenvalue weighted by atomic mass is 10.0. The van der Waals surface area contributed by atoms with E-state index < -0.39 is 21.5 Å². The van der Waals surface area contributed by atoms with Gasteiger partial charge in [0.2, 0.25) is 0 Å². The molecular weight excluding hydrogens is 280 g/mol. The highest BCUT2D eigenvalue weighted by atomic mass is 32.2. The molecule has 1 aromatic heterocycles. The molecule has 0 aliphatic heterocycles. The molecular formula is C13H18N2O4S.